The van der Waals surface area contributed by atoms with Crippen LogP contribution >= 0.6 is 0 Å². The van der Waals surface area contributed by atoms with Crippen molar-refractivity contribution in [3.63, 3.8) is 0 Å². The summed E-state index contributed by atoms with van der Waals surface area (Å²) in [7, 11) is 0. The third kappa shape index (κ3) is 4.00. The number of hydrazine groups is 3. The van der Waals surface area contributed by atoms with E-state index < -0.39 is 6.09 Å². The van der Waals surface area contributed by atoms with Crippen molar-refractivity contribution >= 4 is 6.09 Å². The lowest BCUT2D eigenvalue weighted by Crippen LogP contribution is -2.44. The van der Waals surface area contributed by atoms with Gasteiger partial charge in [0.1, 0.15) is 12.8 Å². The van der Waals surface area contributed by atoms with Gasteiger partial charge in [0.15, 0.2) is 0 Å². The van der Waals surface area contributed by atoms with Crippen LogP contribution < -0.4 is 27.2 Å². The summed E-state index contributed by atoms with van der Waals surface area (Å²) >= 11 is 0. The molecule has 0 unspecified atom stereocenters. The molecule has 1 fully saturated rings. The lowest BCUT2D eigenvalue weighted by atomic mass is 10.2. The third-order valence-corrected chi connectivity index (χ3v) is 2.22. The Morgan fingerprint density at radius 3 is 2.65 bits per heavy atom. The summed E-state index contributed by atoms with van der Waals surface area (Å²) < 4.78 is 5.04. The molecule has 0 bridgehead atoms. The first-order chi connectivity index (χ1) is 8.34. The van der Waals surface area contributed by atoms with Crippen LogP contribution in [0.25, 0.3) is 0 Å². The highest BCUT2D eigenvalue weighted by atomic mass is 16.5. The Labute approximate surface area is 98.8 Å². The van der Waals surface area contributed by atoms with E-state index in [0.717, 1.165) is 5.56 Å². The molecule has 0 radical (unpaired) electrons. The third-order valence-electron chi connectivity index (χ3n) is 2.22. The fourth-order valence-corrected chi connectivity index (χ4v) is 1.34. The van der Waals surface area contributed by atoms with Crippen molar-refractivity contribution < 1.29 is 9.53 Å². The number of hydrogen-bond acceptors (Lipinski definition) is 6. The monoisotopic (exact) mass is 237 g/mol. The van der Waals surface area contributed by atoms with E-state index in [4.69, 9.17) is 4.74 Å². The lowest BCUT2D eigenvalue weighted by Gasteiger charge is -2.10. The second kappa shape index (κ2) is 6.16. The number of hydrogen-bond donors (Lipinski definition) is 5. The highest BCUT2D eigenvalue weighted by Crippen LogP contribution is 2.00. The Balaban J connectivity index is 1.64. The average Bonchev–Trinajstić information content (AvgIpc) is 2.88. The maximum absolute atomic E-state index is 11.3. The number of amides is 1. The van der Waals surface area contributed by atoms with Crippen molar-refractivity contribution in [3.8, 4) is 0 Å². The van der Waals surface area contributed by atoms with E-state index in [-0.39, 0.29) is 12.8 Å². The molecule has 5 N–H and O–H groups in total. The first-order valence-corrected chi connectivity index (χ1v) is 5.30. The van der Waals surface area contributed by atoms with Crippen LogP contribution in [0, 0.1) is 0 Å². The quantitative estimate of drug-likeness (QED) is 0.479. The Morgan fingerprint density at radius 1 is 1.24 bits per heavy atom. The molecular formula is C10H15N5O2. The van der Waals surface area contributed by atoms with Crippen LogP contribution in [-0.4, -0.2) is 18.8 Å². The van der Waals surface area contributed by atoms with E-state index in [0.29, 0.717) is 6.54 Å². The number of nitrogens with one attached hydrogen (secondary N) is 5. The highest BCUT2D eigenvalue weighted by molar-refractivity contribution is 5.67. The molecule has 1 aliphatic heterocycles. The number of ether oxygens (including phenoxy) is 1. The zero-order chi connectivity index (χ0) is 11.9. The van der Waals surface area contributed by atoms with Gasteiger partial charge < -0.3 is 10.1 Å². The molecule has 2 rings (SSSR count). The minimum Gasteiger partial charge on any atom is -0.445 e. The Morgan fingerprint density at radius 2 is 1.94 bits per heavy atom. The summed E-state index contributed by atoms with van der Waals surface area (Å²) in [5.74, 6) is 0. The van der Waals surface area contributed by atoms with Crippen molar-refractivity contribution in [3.05, 3.63) is 35.9 Å². The summed E-state index contributed by atoms with van der Waals surface area (Å²) in [6.07, 6.45) is -0.511. The van der Waals surface area contributed by atoms with Crippen molar-refractivity contribution in [1.82, 2.24) is 27.2 Å². The van der Waals surface area contributed by atoms with Gasteiger partial charge in [-0.05, 0) is 5.56 Å². The normalized spacial score (nSPS) is 15.8. The highest BCUT2D eigenvalue weighted by Gasteiger charge is 2.13. The molecule has 0 spiro atoms. The number of rotatable bonds is 4. The van der Waals surface area contributed by atoms with Crippen molar-refractivity contribution in [2.75, 3.05) is 6.54 Å². The fraction of sp³-hybridized carbons (Fsp3) is 0.300. The summed E-state index contributed by atoms with van der Waals surface area (Å²) in [6.45, 7) is 0.683. The van der Waals surface area contributed by atoms with Crippen molar-refractivity contribution in [2.24, 2.45) is 0 Å². The molecule has 17 heavy (non-hydrogen) atoms. The molecule has 1 aliphatic rings. The van der Waals surface area contributed by atoms with E-state index >= 15 is 0 Å². The van der Waals surface area contributed by atoms with Gasteiger partial charge in [0.2, 0.25) is 0 Å². The molecule has 1 aromatic rings. The fourth-order valence-electron chi connectivity index (χ4n) is 1.34. The molecular weight excluding hydrogens is 222 g/mol. The van der Waals surface area contributed by atoms with Gasteiger partial charge in [0.25, 0.3) is 0 Å². The molecule has 1 aromatic carbocycles. The van der Waals surface area contributed by atoms with E-state index in [2.05, 4.69) is 27.2 Å². The Kier molecular flexibility index (Phi) is 4.28. The van der Waals surface area contributed by atoms with Gasteiger partial charge in [-0.25, -0.2) is 15.6 Å². The van der Waals surface area contributed by atoms with Gasteiger partial charge in [-0.1, -0.05) is 30.3 Å². The van der Waals surface area contributed by atoms with Gasteiger partial charge in [0.05, 0.1) is 6.54 Å². The maximum atomic E-state index is 11.3. The second-order valence-corrected chi connectivity index (χ2v) is 3.53. The molecule has 0 saturated carbocycles. The van der Waals surface area contributed by atoms with Gasteiger partial charge in [-0.15, -0.1) is 0 Å². The van der Waals surface area contributed by atoms with Crippen LogP contribution in [0.5, 0.6) is 0 Å². The lowest BCUT2D eigenvalue weighted by molar-refractivity contribution is 0.138. The van der Waals surface area contributed by atoms with Crippen LogP contribution in [0.2, 0.25) is 0 Å². The van der Waals surface area contributed by atoms with Gasteiger partial charge in [-0.2, -0.15) is 11.1 Å². The minimum atomic E-state index is -0.440. The van der Waals surface area contributed by atoms with Crippen LogP contribution in [0.3, 0.4) is 0 Å². The summed E-state index contributed by atoms with van der Waals surface area (Å²) in [4.78, 5) is 11.3. The average molecular weight is 237 g/mol. The topological polar surface area (TPSA) is 86.5 Å². The number of alkyl carbamates (subject to hydrolysis) is 1. The van der Waals surface area contributed by atoms with E-state index in [1.807, 2.05) is 30.3 Å². The smallest absolute Gasteiger partial charge is 0.407 e. The molecule has 1 amide bonds. The SMILES string of the molecule is O=C(NCC1NNNN1)OCc1ccccc1. The van der Waals surface area contributed by atoms with Gasteiger partial charge in [-0.3, -0.25) is 0 Å². The van der Waals surface area contributed by atoms with Crippen LogP contribution in [0.15, 0.2) is 30.3 Å². The molecule has 7 heteroatoms. The molecule has 7 nitrogen and oxygen atoms in total. The summed E-state index contributed by atoms with van der Waals surface area (Å²) in [5, 5.41) is 2.63. The Bertz CT molecular complexity index is 353. The molecule has 0 aromatic heterocycles. The zero-order valence-corrected chi connectivity index (χ0v) is 9.19. The first kappa shape index (κ1) is 11.8. The number of benzene rings is 1. The minimum absolute atomic E-state index is 0.0701. The van der Waals surface area contributed by atoms with Gasteiger partial charge in [0, 0.05) is 0 Å². The second-order valence-electron chi connectivity index (χ2n) is 3.53. The van der Waals surface area contributed by atoms with Crippen LogP contribution in [0.4, 0.5) is 4.79 Å². The predicted molar refractivity (Wildman–Crippen MR) is 61.0 cm³/mol. The predicted octanol–water partition coefficient (Wildman–Crippen LogP) is -0.644. The summed E-state index contributed by atoms with van der Waals surface area (Å²) in [5.41, 5.74) is 11.9. The van der Waals surface area contributed by atoms with Crippen molar-refractivity contribution in [2.45, 2.75) is 12.8 Å². The molecule has 0 aliphatic carbocycles. The van der Waals surface area contributed by atoms with Crippen LogP contribution in [-0.2, 0) is 11.3 Å². The largest absolute Gasteiger partial charge is 0.445 e. The van der Waals surface area contributed by atoms with Crippen molar-refractivity contribution in [1.29, 1.82) is 0 Å². The van der Waals surface area contributed by atoms with Crippen LogP contribution in [0.1, 0.15) is 5.56 Å². The molecule has 92 valence electrons. The van der Waals surface area contributed by atoms with Gasteiger partial charge >= 0.3 is 6.09 Å². The van der Waals surface area contributed by atoms with E-state index in [1.54, 1.807) is 0 Å². The first-order valence-electron chi connectivity index (χ1n) is 5.30. The molecule has 1 heterocycles. The maximum Gasteiger partial charge on any atom is 0.407 e. The molecule has 1 saturated heterocycles. The Hall–Kier alpha value is -1.67. The number of carbonyl (C=O) groups excluding carboxylic acids is 1. The number of carbonyl (C=O) groups is 1. The zero-order valence-electron chi connectivity index (χ0n) is 9.19. The molecule has 0 atom stereocenters. The standard InChI is InChI=1S/C10H15N5O2/c16-10(11-6-9-12-14-15-13-9)17-7-8-4-2-1-3-5-8/h1-5,9,12-15H,6-7H2,(H,11,16). The van der Waals surface area contributed by atoms with E-state index in [9.17, 15) is 4.79 Å². The van der Waals surface area contributed by atoms with E-state index in [1.165, 1.54) is 0 Å². The summed E-state index contributed by atoms with van der Waals surface area (Å²) in [6, 6.07) is 9.53.